The number of aliphatic hydroxyl groups excluding tert-OH is 1. The lowest BCUT2D eigenvalue weighted by molar-refractivity contribution is 0.0383. The highest BCUT2D eigenvalue weighted by Crippen LogP contribution is 2.28. The van der Waals surface area contributed by atoms with E-state index < -0.39 is 0 Å². The second kappa shape index (κ2) is 3.95. The summed E-state index contributed by atoms with van der Waals surface area (Å²) in [5.41, 5.74) is 0. The molecule has 2 rings (SSSR count). The van der Waals surface area contributed by atoms with E-state index in [1.54, 1.807) is 0 Å². The van der Waals surface area contributed by atoms with Crippen LogP contribution in [0.4, 0.5) is 0 Å². The van der Waals surface area contributed by atoms with E-state index in [-0.39, 0.29) is 6.10 Å². The topological polar surface area (TPSA) is 35.5 Å². The highest BCUT2D eigenvalue weighted by molar-refractivity contribution is 4.90. The minimum Gasteiger partial charge on any atom is -0.391 e. The van der Waals surface area contributed by atoms with Crippen molar-refractivity contribution >= 4 is 0 Å². The molecular formula is C10H20N2O. The van der Waals surface area contributed by atoms with Gasteiger partial charge in [-0.25, -0.2) is 0 Å². The van der Waals surface area contributed by atoms with E-state index >= 15 is 0 Å². The van der Waals surface area contributed by atoms with Gasteiger partial charge in [-0.3, -0.25) is 0 Å². The zero-order chi connectivity index (χ0) is 9.26. The summed E-state index contributed by atoms with van der Waals surface area (Å²) in [5, 5.41) is 13.1. The number of β-amino-alcohol motifs (C(OH)–C–C–N with tert-alkyl or cyclic N) is 1. The third-order valence-electron chi connectivity index (χ3n) is 3.57. The molecule has 2 heterocycles. The van der Waals surface area contributed by atoms with Gasteiger partial charge in [-0.15, -0.1) is 0 Å². The maximum atomic E-state index is 9.86. The molecule has 0 spiro atoms. The van der Waals surface area contributed by atoms with Gasteiger partial charge in [-0.2, -0.15) is 0 Å². The van der Waals surface area contributed by atoms with Gasteiger partial charge in [0.15, 0.2) is 0 Å². The molecule has 0 radical (unpaired) electrons. The Labute approximate surface area is 80.1 Å². The molecule has 2 aliphatic heterocycles. The lowest BCUT2D eigenvalue weighted by atomic mass is 9.86. The molecule has 0 bridgehead atoms. The molecule has 2 saturated heterocycles. The Kier molecular flexibility index (Phi) is 2.86. The molecule has 13 heavy (non-hydrogen) atoms. The van der Waals surface area contributed by atoms with Crippen LogP contribution in [-0.4, -0.2) is 48.8 Å². The number of nitrogens with zero attached hydrogens (tertiary/aromatic N) is 1. The molecule has 0 aromatic carbocycles. The number of nitrogens with one attached hydrogen (secondary N) is 1. The quantitative estimate of drug-likeness (QED) is 0.604. The van der Waals surface area contributed by atoms with Crippen molar-refractivity contribution in [2.45, 2.75) is 31.4 Å². The zero-order valence-electron chi connectivity index (χ0n) is 8.37. The fraction of sp³-hybridized carbons (Fsp3) is 1.00. The van der Waals surface area contributed by atoms with Gasteiger partial charge in [0.2, 0.25) is 0 Å². The summed E-state index contributed by atoms with van der Waals surface area (Å²) in [7, 11) is 2.19. The molecule has 0 amide bonds. The van der Waals surface area contributed by atoms with Gasteiger partial charge in [-0.05, 0) is 39.4 Å². The van der Waals surface area contributed by atoms with Crippen LogP contribution in [0.15, 0.2) is 0 Å². The molecule has 3 nitrogen and oxygen atoms in total. The molecule has 76 valence electrons. The second-order valence-electron chi connectivity index (χ2n) is 4.41. The van der Waals surface area contributed by atoms with Gasteiger partial charge in [-0.1, -0.05) is 0 Å². The monoisotopic (exact) mass is 184 g/mol. The zero-order valence-corrected chi connectivity index (χ0v) is 8.37. The van der Waals surface area contributed by atoms with Gasteiger partial charge in [0, 0.05) is 18.5 Å². The summed E-state index contributed by atoms with van der Waals surface area (Å²) in [6.07, 6.45) is 3.59. The van der Waals surface area contributed by atoms with Crippen LogP contribution in [0.5, 0.6) is 0 Å². The van der Waals surface area contributed by atoms with Crippen molar-refractivity contribution in [2.24, 2.45) is 5.92 Å². The van der Waals surface area contributed by atoms with E-state index in [0.717, 1.165) is 19.5 Å². The standard InChI is InChI=1S/C10H20N2O/c1-12-6-2-3-9(12)8-4-5-11-7-10(8)13/h8-11,13H,2-7H2,1H3. The van der Waals surface area contributed by atoms with E-state index in [9.17, 15) is 5.11 Å². The molecule has 2 N–H and O–H groups in total. The molecule has 0 aromatic rings. The summed E-state index contributed by atoms with van der Waals surface area (Å²) < 4.78 is 0. The lowest BCUT2D eigenvalue weighted by Gasteiger charge is -2.36. The number of likely N-dealkylation sites (tertiary alicyclic amines) is 1. The van der Waals surface area contributed by atoms with Crippen LogP contribution in [0.3, 0.4) is 0 Å². The van der Waals surface area contributed by atoms with E-state index in [0.29, 0.717) is 12.0 Å². The smallest absolute Gasteiger partial charge is 0.0708 e. The SMILES string of the molecule is CN1CCCC1C1CCNCC1O. The van der Waals surface area contributed by atoms with E-state index in [1.165, 1.54) is 19.4 Å². The van der Waals surface area contributed by atoms with Crippen LogP contribution < -0.4 is 5.32 Å². The van der Waals surface area contributed by atoms with Crippen LogP contribution in [0.1, 0.15) is 19.3 Å². The summed E-state index contributed by atoms with van der Waals surface area (Å²) >= 11 is 0. The van der Waals surface area contributed by atoms with Crippen molar-refractivity contribution in [3.05, 3.63) is 0 Å². The first-order valence-electron chi connectivity index (χ1n) is 5.38. The number of hydrogen-bond acceptors (Lipinski definition) is 3. The highest BCUT2D eigenvalue weighted by Gasteiger charge is 2.34. The highest BCUT2D eigenvalue weighted by atomic mass is 16.3. The Bertz CT molecular complexity index is 174. The molecule has 3 unspecified atom stereocenters. The maximum Gasteiger partial charge on any atom is 0.0708 e. The molecular weight excluding hydrogens is 164 g/mol. The van der Waals surface area contributed by atoms with Crippen molar-refractivity contribution in [3.8, 4) is 0 Å². The van der Waals surface area contributed by atoms with E-state index in [2.05, 4.69) is 17.3 Å². The molecule has 0 saturated carbocycles. The van der Waals surface area contributed by atoms with Crippen LogP contribution in [0.25, 0.3) is 0 Å². The Morgan fingerprint density at radius 2 is 2.23 bits per heavy atom. The minimum absolute atomic E-state index is 0.126. The van der Waals surface area contributed by atoms with Crippen LogP contribution >= 0.6 is 0 Å². The minimum atomic E-state index is -0.126. The molecule has 3 atom stereocenters. The Morgan fingerprint density at radius 1 is 1.38 bits per heavy atom. The number of rotatable bonds is 1. The van der Waals surface area contributed by atoms with Gasteiger partial charge < -0.3 is 15.3 Å². The largest absolute Gasteiger partial charge is 0.391 e. The van der Waals surface area contributed by atoms with Gasteiger partial charge >= 0.3 is 0 Å². The fourth-order valence-electron chi connectivity index (χ4n) is 2.79. The van der Waals surface area contributed by atoms with Crippen molar-refractivity contribution < 1.29 is 5.11 Å². The van der Waals surface area contributed by atoms with Crippen LogP contribution in [-0.2, 0) is 0 Å². The molecule has 2 fully saturated rings. The summed E-state index contributed by atoms with van der Waals surface area (Å²) in [5.74, 6) is 0.508. The first-order valence-corrected chi connectivity index (χ1v) is 5.38. The lowest BCUT2D eigenvalue weighted by Crippen LogP contribution is -2.48. The second-order valence-corrected chi connectivity index (χ2v) is 4.41. The number of piperidine rings is 1. The first kappa shape index (κ1) is 9.44. The van der Waals surface area contributed by atoms with Crippen molar-refractivity contribution in [3.63, 3.8) is 0 Å². The fourth-order valence-corrected chi connectivity index (χ4v) is 2.79. The molecule has 0 aliphatic carbocycles. The number of aliphatic hydroxyl groups is 1. The van der Waals surface area contributed by atoms with Gasteiger partial charge in [0.1, 0.15) is 0 Å². The number of hydrogen-bond donors (Lipinski definition) is 2. The Balaban J connectivity index is 1.97. The predicted octanol–water partition coefficient (Wildman–Crippen LogP) is 0.0510. The predicted molar refractivity (Wildman–Crippen MR) is 52.6 cm³/mol. The third-order valence-corrected chi connectivity index (χ3v) is 3.57. The molecule has 3 heteroatoms. The van der Waals surface area contributed by atoms with Crippen LogP contribution in [0, 0.1) is 5.92 Å². The molecule has 2 aliphatic rings. The Morgan fingerprint density at radius 3 is 2.85 bits per heavy atom. The maximum absolute atomic E-state index is 9.86. The summed E-state index contributed by atoms with van der Waals surface area (Å²) in [4.78, 5) is 2.42. The van der Waals surface area contributed by atoms with Gasteiger partial charge in [0.05, 0.1) is 6.10 Å². The molecule has 0 aromatic heterocycles. The van der Waals surface area contributed by atoms with E-state index in [4.69, 9.17) is 0 Å². The first-order chi connectivity index (χ1) is 6.29. The average molecular weight is 184 g/mol. The van der Waals surface area contributed by atoms with Gasteiger partial charge in [0.25, 0.3) is 0 Å². The van der Waals surface area contributed by atoms with Crippen molar-refractivity contribution in [2.75, 3.05) is 26.7 Å². The van der Waals surface area contributed by atoms with Crippen molar-refractivity contribution in [1.82, 2.24) is 10.2 Å². The summed E-state index contributed by atoms with van der Waals surface area (Å²) in [6, 6.07) is 0.636. The summed E-state index contributed by atoms with van der Waals surface area (Å²) in [6.45, 7) is 3.07. The third kappa shape index (κ3) is 1.87. The van der Waals surface area contributed by atoms with E-state index in [1.807, 2.05) is 0 Å². The normalized spacial score (nSPS) is 42.5. The van der Waals surface area contributed by atoms with Crippen LogP contribution in [0.2, 0.25) is 0 Å². The Hall–Kier alpha value is -0.120. The van der Waals surface area contributed by atoms with Crippen molar-refractivity contribution in [1.29, 1.82) is 0 Å². The average Bonchev–Trinajstić information content (AvgIpc) is 2.52.